The first-order chi connectivity index (χ1) is 9.50. The Morgan fingerprint density at radius 1 is 1.05 bits per heavy atom. The van der Waals surface area contributed by atoms with Crippen LogP contribution in [-0.4, -0.2) is 24.1 Å². The van der Waals surface area contributed by atoms with E-state index in [9.17, 15) is 0 Å². The highest BCUT2D eigenvalue weighted by Crippen LogP contribution is 2.27. The largest absolute Gasteiger partial charge is 0.360 e. The molecule has 1 heterocycles. The van der Waals surface area contributed by atoms with Crippen molar-refractivity contribution in [2.24, 2.45) is 0 Å². The zero-order valence-electron chi connectivity index (χ0n) is 12.8. The maximum Gasteiger partial charge on any atom is 0.171 e. The van der Waals surface area contributed by atoms with Gasteiger partial charge in [-0.05, 0) is 37.5 Å². The van der Waals surface area contributed by atoms with Gasteiger partial charge in [-0.3, -0.25) is 0 Å². The highest BCUT2D eigenvalue weighted by Gasteiger charge is 2.14. The third-order valence-corrected chi connectivity index (χ3v) is 3.43. The number of aryl methyl sites for hydroxylation is 2. The van der Waals surface area contributed by atoms with Crippen molar-refractivity contribution in [1.29, 1.82) is 0 Å². The lowest BCUT2D eigenvalue weighted by atomic mass is 9.97. The van der Waals surface area contributed by atoms with Crippen LogP contribution in [0.2, 0.25) is 0 Å². The van der Waals surface area contributed by atoms with E-state index < -0.39 is 0 Å². The Kier molecular flexibility index (Phi) is 4.23. The standard InChI is InChI=1S/C16H22N4/c1-11-7-6-8-12(2)14(11)13(3)19-15-16(20(4)5)18-10-9-17-15/h6-10,13H,1-5H3,(H,17,19). The van der Waals surface area contributed by atoms with Crippen LogP contribution < -0.4 is 10.2 Å². The molecule has 1 aromatic carbocycles. The van der Waals surface area contributed by atoms with Crippen LogP contribution in [0.5, 0.6) is 0 Å². The van der Waals surface area contributed by atoms with E-state index in [0.717, 1.165) is 11.6 Å². The number of benzene rings is 1. The van der Waals surface area contributed by atoms with Crippen LogP contribution in [-0.2, 0) is 0 Å². The maximum atomic E-state index is 4.41. The van der Waals surface area contributed by atoms with Crippen LogP contribution in [0.4, 0.5) is 11.6 Å². The number of nitrogens with one attached hydrogen (secondary N) is 1. The zero-order valence-corrected chi connectivity index (χ0v) is 12.8. The van der Waals surface area contributed by atoms with Crippen molar-refractivity contribution in [1.82, 2.24) is 9.97 Å². The minimum Gasteiger partial charge on any atom is -0.360 e. The summed E-state index contributed by atoms with van der Waals surface area (Å²) in [5.41, 5.74) is 3.91. The molecule has 1 N–H and O–H groups in total. The first kappa shape index (κ1) is 14.3. The molecule has 4 nitrogen and oxygen atoms in total. The Hall–Kier alpha value is -2.10. The highest BCUT2D eigenvalue weighted by atomic mass is 15.2. The molecule has 0 fully saturated rings. The predicted molar refractivity (Wildman–Crippen MR) is 84.3 cm³/mol. The average Bonchev–Trinajstić information content (AvgIpc) is 2.38. The monoisotopic (exact) mass is 270 g/mol. The van der Waals surface area contributed by atoms with E-state index >= 15 is 0 Å². The SMILES string of the molecule is Cc1cccc(C)c1C(C)Nc1nccnc1N(C)C. The second-order valence-electron chi connectivity index (χ2n) is 5.29. The van der Waals surface area contributed by atoms with Crippen LogP contribution in [0.25, 0.3) is 0 Å². The summed E-state index contributed by atoms with van der Waals surface area (Å²) in [4.78, 5) is 10.7. The molecule has 4 heteroatoms. The lowest BCUT2D eigenvalue weighted by Gasteiger charge is -2.22. The van der Waals surface area contributed by atoms with Crippen LogP contribution in [0, 0.1) is 13.8 Å². The number of nitrogens with zero attached hydrogens (tertiary/aromatic N) is 3. The Morgan fingerprint density at radius 2 is 1.65 bits per heavy atom. The van der Waals surface area contributed by atoms with Crippen molar-refractivity contribution in [3.05, 3.63) is 47.3 Å². The van der Waals surface area contributed by atoms with E-state index in [1.54, 1.807) is 12.4 Å². The zero-order chi connectivity index (χ0) is 14.7. The Labute approximate surface area is 120 Å². The Morgan fingerprint density at radius 3 is 2.25 bits per heavy atom. The molecule has 1 atom stereocenters. The summed E-state index contributed by atoms with van der Waals surface area (Å²) in [6.45, 7) is 6.44. The number of hydrogen-bond donors (Lipinski definition) is 1. The molecule has 2 aromatic rings. The fraction of sp³-hybridized carbons (Fsp3) is 0.375. The number of rotatable bonds is 4. The molecule has 1 aromatic heterocycles. The minimum absolute atomic E-state index is 0.187. The molecular weight excluding hydrogens is 248 g/mol. The van der Waals surface area contributed by atoms with E-state index in [2.05, 4.69) is 54.3 Å². The fourth-order valence-corrected chi connectivity index (χ4v) is 2.55. The van der Waals surface area contributed by atoms with Crippen LogP contribution in [0.1, 0.15) is 29.7 Å². The molecule has 0 radical (unpaired) electrons. The van der Waals surface area contributed by atoms with Gasteiger partial charge in [0.2, 0.25) is 0 Å². The fourth-order valence-electron chi connectivity index (χ4n) is 2.55. The van der Waals surface area contributed by atoms with Crippen LogP contribution in [0.15, 0.2) is 30.6 Å². The molecule has 0 amide bonds. The summed E-state index contributed by atoms with van der Waals surface area (Å²) in [6.07, 6.45) is 3.43. The highest BCUT2D eigenvalue weighted by molar-refractivity contribution is 5.60. The summed E-state index contributed by atoms with van der Waals surface area (Å²) in [5, 5.41) is 3.47. The summed E-state index contributed by atoms with van der Waals surface area (Å²) in [5.74, 6) is 1.67. The lowest BCUT2D eigenvalue weighted by molar-refractivity contribution is 0.849. The topological polar surface area (TPSA) is 41.1 Å². The third kappa shape index (κ3) is 2.90. The van der Waals surface area contributed by atoms with Gasteiger partial charge in [0.25, 0.3) is 0 Å². The molecule has 0 aliphatic carbocycles. The normalized spacial score (nSPS) is 12.1. The van der Waals surface area contributed by atoms with Crippen molar-refractivity contribution >= 4 is 11.6 Å². The Balaban J connectivity index is 2.31. The van der Waals surface area contributed by atoms with Crippen molar-refractivity contribution in [3.8, 4) is 0 Å². The molecule has 0 aliphatic rings. The van der Waals surface area contributed by atoms with Gasteiger partial charge in [-0.2, -0.15) is 0 Å². The van der Waals surface area contributed by atoms with E-state index in [1.807, 2.05) is 19.0 Å². The molecule has 0 spiro atoms. The predicted octanol–water partition coefficient (Wildman–Crippen LogP) is 3.33. The van der Waals surface area contributed by atoms with Gasteiger partial charge in [-0.1, -0.05) is 18.2 Å². The van der Waals surface area contributed by atoms with E-state index in [1.165, 1.54) is 16.7 Å². The second-order valence-corrected chi connectivity index (χ2v) is 5.29. The lowest BCUT2D eigenvalue weighted by Crippen LogP contribution is -2.17. The van der Waals surface area contributed by atoms with Gasteiger partial charge in [0, 0.05) is 26.5 Å². The molecule has 0 aliphatic heterocycles. The molecule has 106 valence electrons. The summed E-state index contributed by atoms with van der Waals surface area (Å²) in [7, 11) is 3.94. The third-order valence-electron chi connectivity index (χ3n) is 3.43. The quantitative estimate of drug-likeness (QED) is 0.925. The van der Waals surface area contributed by atoms with Gasteiger partial charge in [-0.15, -0.1) is 0 Å². The van der Waals surface area contributed by atoms with Crippen molar-refractivity contribution in [2.75, 3.05) is 24.3 Å². The van der Waals surface area contributed by atoms with Crippen molar-refractivity contribution in [3.63, 3.8) is 0 Å². The Bertz CT molecular complexity index is 573. The van der Waals surface area contributed by atoms with Gasteiger partial charge < -0.3 is 10.2 Å². The number of aromatic nitrogens is 2. The summed E-state index contributed by atoms with van der Waals surface area (Å²) >= 11 is 0. The molecule has 1 unspecified atom stereocenters. The number of anilines is 2. The van der Waals surface area contributed by atoms with Gasteiger partial charge >= 0.3 is 0 Å². The summed E-state index contributed by atoms with van der Waals surface area (Å²) in [6, 6.07) is 6.56. The van der Waals surface area contributed by atoms with Gasteiger partial charge in [-0.25, -0.2) is 9.97 Å². The first-order valence-corrected chi connectivity index (χ1v) is 6.81. The van der Waals surface area contributed by atoms with Crippen LogP contribution in [0.3, 0.4) is 0 Å². The van der Waals surface area contributed by atoms with Gasteiger partial charge in [0.15, 0.2) is 11.6 Å². The molecule has 2 rings (SSSR count). The molecule has 20 heavy (non-hydrogen) atoms. The minimum atomic E-state index is 0.187. The average molecular weight is 270 g/mol. The van der Waals surface area contributed by atoms with Crippen LogP contribution >= 0.6 is 0 Å². The van der Waals surface area contributed by atoms with E-state index in [4.69, 9.17) is 0 Å². The molecule has 0 saturated carbocycles. The molecular formula is C16H22N4. The van der Waals surface area contributed by atoms with E-state index in [0.29, 0.717) is 0 Å². The smallest absolute Gasteiger partial charge is 0.171 e. The number of hydrogen-bond acceptors (Lipinski definition) is 4. The molecule has 0 saturated heterocycles. The first-order valence-electron chi connectivity index (χ1n) is 6.81. The maximum absolute atomic E-state index is 4.41. The van der Waals surface area contributed by atoms with Crippen molar-refractivity contribution < 1.29 is 0 Å². The van der Waals surface area contributed by atoms with Crippen molar-refractivity contribution in [2.45, 2.75) is 26.8 Å². The molecule has 0 bridgehead atoms. The van der Waals surface area contributed by atoms with E-state index in [-0.39, 0.29) is 6.04 Å². The van der Waals surface area contributed by atoms with Gasteiger partial charge in [0.1, 0.15) is 0 Å². The second kappa shape index (κ2) is 5.90. The summed E-state index contributed by atoms with van der Waals surface area (Å²) < 4.78 is 0. The van der Waals surface area contributed by atoms with Gasteiger partial charge in [0.05, 0.1) is 6.04 Å².